The normalized spacial score (nSPS) is 13.8. The lowest BCUT2D eigenvalue weighted by molar-refractivity contribution is -0.117. The van der Waals surface area contributed by atoms with E-state index in [1.165, 1.54) is 5.56 Å². The average molecular weight is 352 g/mol. The first-order valence-electron chi connectivity index (χ1n) is 8.94. The number of hydrogen-bond acceptors (Lipinski definition) is 3. The highest BCUT2D eigenvalue weighted by atomic mass is 16.5. The van der Waals surface area contributed by atoms with Crippen LogP contribution in [0.3, 0.4) is 0 Å². The van der Waals surface area contributed by atoms with Gasteiger partial charge in [-0.15, -0.1) is 0 Å². The quantitative estimate of drug-likeness (QED) is 0.812. The molecule has 136 valence electrons. The van der Waals surface area contributed by atoms with Gasteiger partial charge in [0.2, 0.25) is 5.91 Å². The molecule has 5 nitrogen and oxygen atoms in total. The zero-order chi connectivity index (χ0) is 18.5. The molecule has 1 aliphatic rings. The third-order valence-electron chi connectivity index (χ3n) is 4.69. The number of anilines is 1. The fourth-order valence-electron chi connectivity index (χ4n) is 3.04. The van der Waals surface area contributed by atoms with Crippen LogP contribution in [0.5, 0.6) is 5.75 Å². The van der Waals surface area contributed by atoms with Gasteiger partial charge in [-0.2, -0.15) is 0 Å². The highest BCUT2D eigenvalue weighted by Gasteiger charge is 2.22. The monoisotopic (exact) mass is 352 g/mol. The molecule has 0 aliphatic carbocycles. The van der Waals surface area contributed by atoms with Crippen LogP contribution in [-0.2, 0) is 4.79 Å². The molecular formula is C21H24N2O3. The van der Waals surface area contributed by atoms with Gasteiger partial charge in [0.25, 0.3) is 5.91 Å². The van der Waals surface area contributed by atoms with Gasteiger partial charge in [-0.1, -0.05) is 18.2 Å². The molecule has 0 atom stereocenters. The first-order chi connectivity index (χ1) is 12.6. The second kappa shape index (κ2) is 8.04. The maximum Gasteiger partial charge on any atom is 0.251 e. The first kappa shape index (κ1) is 18.0. The van der Waals surface area contributed by atoms with Crippen molar-refractivity contribution in [3.8, 4) is 5.75 Å². The van der Waals surface area contributed by atoms with Crippen molar-refractivity contribution in [2.24, 2.45) is 0 Å². The van der Waals surface area contributed by atoms with E-state index in [0.717, 1.165) is 23.4 Å². The summed E-state index contributed by atoms with van der Waals surface area (Å²) in [5.74, 6) is 0.793. The number of ether oxygens (including phenoxy) is 1. The lowest BCUT2D eigenvalue weighted by atomic mass is 10.1. The minimum Gasteiger partial charge on any atom is -0.491 e. The Hall–Kier alpha value is -2.82. The Labute approximate surface area is 154 Å². The van der Waals surface area contributed by atoms with E-state index in [9.17, 15) is 9.59 Å². The van der Waals surface area contributed by atoms with Gasteiger partial charge in [-0.3, -0.25) is 9.59 Å². The molecule has 2 aromatic rings. The van der Waals surface area contributed by atoms with Gasteiger partial charge < -0.3 is 15.0 Å². The number of hydrogen-bond donors (Lipinski definition) is 1. The Morgan fingerprint density at radius 1 is 1.19 bits per heavy atom. The van der Waals surface area contributed by atoms with Crippen LogP contribution in [0, 0.1) is 13.8 Å². The third-order valence-corrected chi connectivity index (χ3v) is 4.69. The van der Waals surface area contributed by atoms with Crippen LogP contribution in [-0.4, -0.2) is 31.5 Å². The fraction of sp³-hybridized carbons (Fsp3) is 0.333. The molecular weight excluding hydrogens is 328 g/mol. The van der Waals surface area contributed by atoms with Crippen molar-refractivity contribution in [1.29, 1.82) is 0 Å². The van der Waals surface area contributed by atoms with E-state index < -0.39 is 0 Å². The van der Waals surface area contributed by atoms with E-state index in [1.807, 2.05) is 44.2 Å². The van der Waals surface area contributed by atoms with E-state index in [0.29, 0.717) is 31.7 Å². The molecule has 0 unspecified atom stereocenters. The Morgan fingerprint density at radius 3 is 2.77 bits per heavy atom. The Balaban J connectivity index is 1.54. The van der Waals surface area contributed by atoms with Crippen LogP contribution in [0.4, 0.5) is 5.69 Å². The minimum atomic E-state index is -0.164. The molecule has 26 heavy (non-hydrogen) atoms. The molecule has 5 heteroatoms. The molecule has 1 aliphatic heterocycles. The summed E-state index contributed by atoms with van der Waals surface area (Å²) >= 11 is 0. The van der Waals surface area contributed by atoms with Crippen molar-refractivity contribution in [3.05, 3.63) is 59.2 Å². The topological polar surface area (TPSA) is 58.6 Å². The highest BCUT2D eigenvalue weighted by Crippen LogP contribution is 2.22. The second-order valence-electron chi connectivity index (χ2n) is 6.50. The number of benzene rings is 2. The molecule has 3 rings (SSSR count). The number of amides is 2. The summed E-state index contributed by atoms with van der Waals surface area (Å²) in [5, 5.41) is 2.86. The van der Waals surface area contributed by atoms with Crippen LogP contribution in [0.2, 0.25) is 0 Å². The lowest BCUT2D eigenvalue weighted by Gasteiger charge is -2.16. The van der Waals surface area contributed by atoms with Gasteiger partial charge in [0.15, 0.2) is 0 Å². The van der Waals surface area contributed by atoms with Gasteiger partial charge in [0.1, 0.15) is 12.4 Å². The smallest absolute Gasteiger partial charge is 0.251 e. The number of carbonyl (C=O) groups is 2. The van der Waals surface area contributed by atoms with E-state index >= 15 is 0 Å². The Bertz CT molecular complexity index is 817. The fourth-order valence-corrected chi connectivity index (χ4v) is 3.04. The van der Waals surface area contributed by atoms with Crippen molar-refractivity contribution >= 4 is 17.5 Å². The van der Waals surface area contributed by atoms with E-state index in [2.05, 4.69) is 5.32 Å². The number of carbonyl (C=O) groups excluding carboxylic acids is 2. The third kappa shape index (κ3) is 4.04. The number of nitrogens with zero attached hydrogens (tertiary/aromatic N) is 1. The summed E-state index contributed by atoms with van der Waals surface area (Å²) in [6, 6.07) is 13.1. The molecule has 0 aromatic heterocycles. The van der Waals surface area contributed by atoms with Crippen LogP contribution >= 0.6 is 0 Å². The molecule has 2 aromatic carbocycles. The predicted octanol–water partition coefficient (Wildman–Crippen LogP) is 3.24. The second-order valence-corrected chi connectivity index (χ2v) is 6.50. The first-order valence-corrected chi connectivity index (χ1v) is 8.94. The summed E-state index contributed by atoms with van der Waals surface area (Å²) in [5.41, 5.74) is 3.63. The average Bonchev–Trinajstić information content (AvgIpc) is 3.08. The standard InChI is InChI=1S/C21H24N2O3/c1-15-6-3-9-19(16(15)2)26-13-11-22-21(25)17-7-4-8-18(14-17)23-12-5-10-20(23)24/h3-4,6-9,14H,5,10-13H2,1-2H3,(H,22,25). The Kier molecular flexibility index (Phi) is 5.56. The summed E-state index contributed by atoms with van der Waals surface area (Å²) in [6.07, 6.45) is 1.44. The zero-order valence-electron chi connectivity index (χ0n) is 15.2. The summed E-state index contributed by atoms with van der Waals surface area (Å²) < 4.78 is 5.76. The maximum absolute atomic E-state index is 12.4. The zero-order valence-corrected chi connectivity index (χ0v) is 15.2. The van der Waals surface area contributed by atoms with Crippen molar-refractivity contribution < 1.29 is 14.3 Å². The predicted molar refractivity (Wildman–Crippen MR) is 102 cm³/mol. The van der Waals surface area contributed by atoms with E-state index in [-0.39, 0.29) is 11.8 Å². The van der Waals surface area contributed by atoms with Gasteiger partial charge in [-0.05, 0) is 55.7 Å². The maximum atomic E-state index is 12.4. The molecule has 0 bridgehead atoms. The SMILES string of the molecule is Cc1cccc(OCCNC(=O)c2cccc(N3CCCC3=O)c2)c1C. The molecule has 1 fully saturated rings. The minimum absolute atomic E-state index is 0.115. The van der Waals surface area contributed by atoms with Gasteiger partial charge in [0, 0.05) is 24.2 Å². The molecule has 0 saturated carbocycles. The van der Waals surface area contributed by atoms with E-state index in [1.54, 1.807) is 17.0 Å². The van der Waals surface area contributed by atoms with E-state index in [4.69, 9.17) is 4.74 Å². The number of aryl methyl sites for hydroxylation is 1. The Morgan fingerprint density at radius 2 is 2.00 bits per heavy atom. The summed E-state index contributed by atoms with van der Waals surface area (Å²) in [6.45, 7) is 5.60. The molecule has 0 spiro atoms. The summed E-state index contributed by atoms with van der Waals surface area (Å²) in [4.78, 5) is 26.0. The molecule has 2 amide bonds. The molecule has 1 saturated heterocycles. The van der Waals surface area contributed by atoms with Crippen molar-refractivity contribution in [2.75, 3.05) is 24.6 Å². The lowest BCUT2D eigenvalue weighted by Crippen LogP contribution is -2.29. The van der Waals surface area contributed by atoms with Crippen LogP contribution in [0.25, 0.3) is 0 Å². The molecule has 1 N–H and O–H groups in total. The van der Waals surface area contributed by atoms with Gasteiger partial charge >= 0.3 is 0 Å². The molecule has 1 heterocycles. The van der Waals surface area contributed by atoms with Crippen LogP contribution in [0.15, 0.2) is 42.5 Å². The molecule has 0 radical (unpaired) electrons. The number of nitrogens with one attached hydrogen (secondary N) is 1. The van der Waals surface area contributed by atoms with Crippen molar-refractivity contribution in [3.63, 3.8) is 0 Å². The van der Waals surface area contributed by atoms with Crippen molar-refractivity contribution in [1.82, 2.24) is 5.32 Å². The van der Waals surface area contributed by atoms with Crippen LogP contribution in [0.1, 0.15) is 34.3 Å². The van der Waals surface area contributed by atoms with Gasteiger partial charge in [0.05, 0.1) is 6.54 Å². The largest absolute Gasteiger partial charge is 0.491 e. The van der Waals surface area contributed by atoms with Gasteiger partial charge in [-0.25, -0.2) is 0 Å². The number of rotatable bonds is 6. The van der Waals surface area contributed by atoms with Crippen molar-refractivity contribution in [2.45, 2.75) is 26.7 Å². The van der Waals surface area contributed by atoms with Crippen LogP contribution < -0.4 is 15.0 Å². The highest BCUT2D eigenvalue weighted by molar-refractivity contribution is 5.99. The summed E-state index contributed by atoms with van der Waals surface area (Å²) in [7, 11) is 0.